The molecule has 0 heterocycles. The molecule has 1 fully saturated rings. The van der Waals surface area contributed by atoms with Crippen LogP contribution in [0.25, 0.3) is 0 Å². The summed E-state index contributed by atoms with van der Waals surface area (Å²) in [6.07, 6.45) is 12.5. The van der Waals surface area contributed by atoms with Crippen LogP contribution in [-0.2, 0) is 21.7 Å². The summed E-state index contributed by atoms with van der Waals surface area (Å²) in [6, 6.07) is 21.8. The van der Waals surface area contributed by atoms with Gasteiger partial charge in [0.1, 0.15) is 0 Å². The first-order valence-electron chi connectivity index (χ1n) is 10.3. The van der Waals surface area contributed by atoms with Gasteiger partial charge in [-0.05, 0) is 0 Å². The molecular formula is C24H27Cl2NOSiTi. The Morgan fingerprint density at radius 3 is 1.93 bits per heavy atom. The van der Waals surface area contributed by atoms with E-state index in [1.54, 1.807) is 0 Å². The van der Waals surface area contributed by atoms with Gasteiger partial charge in [0.2, 0.25) is 0 Å². The number of halogens is 2. The standard InChI is InChI=1S/C12H10Si.C7H13NO.C5H5.2ClH.Ti/c1-3-7-11(8-4-1)13-12-9-5-2-6-10-12;8-7(9)6-4-2-1-3-5-6;1-2-4-5-3-1;;;/h1-10H;6H,1-5H2,(H2,8,9);1-3H,4H2;2*1H;/q;;;;;+3/p-3. The first-order valence-corrected chi connectivity index (χ1v) is 15.8. The minimum absolute atomic E-state index is 0. The molecule has 6 heteroatoms. The van der Waals surface area contributed by atoms with Gasteiger partial charge in [0.25, 0.3) is 0 Å². The molecule has 0 atom stereocenters. The third-order valence-electron chi connectivity index (χ3n) is 5.69. The molecule has 2 aromatic rings. The van der Waals surface area contributed by atoms with Crippen molar-refractivity contribution in [1.29, 1.82) is 0 Å². The summed E-state index contributed by atoms with van der Waals surface area (Å²) < 4.78 is 5.20. The molecule has 0 aromatic heterocycles. The number of rotatable bonds is 5. The molecule has 0 saturated heterocycles. The van der Waals surface area contributed by atoms with Gasteiger partial charge in [0.05, 0.1) is 0 Å². The van der Waals surface area contributed by atoms with Crippen LogP contribution < -0.4 is 39.0 Å². The van der Waals surface area contributed by atoms with E-state index in [-0.39, 0.29) is 30.7 Å². The molecule has 30 heavy (non-hydrogen) atoms. The largest absolute Gasteiger partial charge is 1.00 e. The van der Waals surface area contributed by atoms with Crippen molar-refractivity contribution in [2.75, 3.05) is 0 Å². The molecule has 156 valence electrons. The minimum Gasteiger partial charge on any atom is -1.00 e. The van der Waals surface area contributed by atoms with E-state index in [4.69, 9.17) is 0 Å². The number of nitrogens with one attached hydrogen (secondary N) is 1. The van der Waals surface area contributed by atoms with Crippen LogP contribution in [0.1, 0.15) is 38.5 Å². The van der Waals surface area contributed by atoms with Gasteiger partial charge >= 0.3 is 175 Å². The van der Waals surface area contributed by atoms with E-state index in [1.165, 1.54) is 33.5 Å². The van der Waals surface area contributed by atoms with E-state index in [9.17, 15) is 4.79 Å². The Labute approximate surface area is 199 Å². The number of hydrogen-bond acceptors (Lipinski definition) is 1. The molecular weight excluding hydrogens is 465 g/mol. The smallest absolute Gasteiger partial charge is 1.00 e. The maximum Gasteiger partial charge on any atom is -1.00 e. The van der Waals surface area contributed by atoms with Crippen LogP contribution in [0, 0.1) is 5.92 Å². The predicted octanol–water partition coefficient (Wildman–Crippen LogP) is -2.13. The fourth-order valence-electron chi connectivity index (χ4n) is 4.19. The van der Waals surface area contributed by atoms with Gasteiger partial charge in [-0.1, -0.05) is 0 Å². The monoisotopic (exact) mass is 491 g/mol. The van der Waals surface area contributed by atoms with Crippen LogP contribution in [0.3, 0.4) is 0 Å². The van der Waals surface area contributed by atoms with Crippen molar-refractivity contribution in [3.05, 3.63) is 82.8 Å². The number of allylic oxidation sites excluding steroid dienone is 4. The fraction of sp³-hybridized carbons (Fsp3) is 0.292. The number of benzene rings is 2. The van der Waals surface area contributed by atoms with Gasteiger partial charge in [-0.15, -0.1) is 0 Å². The normalized spacial score (nSPS) is 15.1. The first-order chi connectivity index (χ1) is 13.8. The van der Waals surface area contributed by atoms with E-state index in [2.05, 4.69) is 82.7 Å². The van der Waals surface area contributed by atoms with Crippen molar-refractivity contribution < 1.29 is 46.5 Å². The van der Waals surface area contributed by atoms with Crippen molar-refractivity contribution in [3.63, 3.8) is 0 Å². The Morgan fingerprint density at radius 1 is 0.867 bits per heavy atom. The fourth-order valence-corrected chi connectivity index (χ4v) is 16.1. The topological polar surface area (TPSA) is 29.1 Å². The number of amides is 1. The van der Waals surface area contributed by atoms with E-state index in [1.807, 2.05) is 0 Å². The van der Waals surface area contributed by atoms with Crippen LogP contribution >= 0.6 is 0 Å². The average molecular weight is 492 g/mol. The van der Waals surface area contributed by atoms with Gasteiger partial charge in [0, 0.05) is 0 Å². The zero-order valence-corrected chi connectivity index (χ0v) is 21.1. The molecule has 2 nitrogen and oxygen atoms in total. The first kappa shape index (κ1) is 25.2. The van der Waals surface area contributed by atoms with E-state index in [0.29, 0.717) is 5.91 Å². The zero-order chi connectivity index (χ0) is 19.2. The van der Waals surface area contributed by atoms with Gasteiger partial charge in [0.15, 0.2) is 0 Å². The average Bonchev–Trinajstić information content (AvgIpc) is 3.30. The number of carbonyl (C=O) groups excluding carboxylic acids is 1. The van der Waals surface area contributed by atoms with E-state index in [0.717, 1.165) is 19.3 Å². The second kappa shape index (κ2) is 12.7. The van der Waals surface area contributed by atoms with Crippen molar-refractivity contribution >= 4 is 22.5 Å². The van der Waals surface area contributed by atoms with Gasteiger partial charge < -0.3 is 24.8 Å². The molecule has 2 aromatic carbocycles. The molecule has 0 radical (unpaired) electrons. The molecule has 1 saturated carbocycles. The second-order valence-electron chi connectivity index (χ2n) is 7.63. The molecule has 2 aliphatic carbocycles. The molecule has 0 spiro atoms. The molecule has 0 bridgehead atoms. The summed E-state index contributed by atoms with van der Waals surface area (Å²) in [4.78, 5) is 13.2. The second-order valence-corrected chi connectivity index (χ2v) is 16.5. The van der Waals surface area contributed by atoms with Crippen LogP contribution in [0.15, 0.2) is 82.8 Å². The Kier molecular flexibility index (Phi) is 10.6. The van der Waals surface area contributed by atoms with E-state index >= 15 is 0 Å². The summed E-state index contributed by atoms with van der Waals surface area (Å²) in [5.41, 5.74) is 0. The third kappa shape index (κ3) is 6.21. The summed E-state index contributed by atoms with van der Waals surface area (Å²) in [6.45, 7) is 0. The maximum absolute atomic E-state index is 13.2. The van der Waals surface area contributed by atoms with Gasteiger partial charge in [-0.2, -0.15) is 0 Å². The number of hydrogen-bond donors (Lipinski definition) is 1. The van der Waals surface area contributed by atoms with Gasteiger partial charge in [-0.3, -0.25) is 0 Å². The van der Waals surface area contributed by atoms with Crippen molar-refractivity contribution in [1.82, 2.24) is 3.80 Å². The van der Waals surface area contributed by atoms with E-state index < -0.39 is 23.0 Å². The molecule has 1 amide bonds. The molecule has 1 N–H and O–H groups in total. The summed E-state index contributed by atoms with van der Waals surface area (Å²) >= 11 is -2.04. The Morgan fingerprint density at radius 2 is 1.43 bits per heavy atom. The maximum atomic E-state index is 13.2. The van der Waals surface area contributed by atoms with Crippen LogP contribution in [-0.4, -0.2) is 12.1 Å². The van der Waals surface area contributed by atoms with Gasteiger partial charge in [-0.25, -0.2) is 0 Å². The summed E-state index contributed by atoms with van der Waals surface area (Å²) in [5.74, 6) is 0.554. The Bertz CT molecular complexity index is 881. The Balaban J connectivity index is 0.00000160. The molecule has 0 unspecified atom stereocenters. The van der Waals surface area contributed by atoms with Crippen molar-refractivity contribution in [3.8, 4) is 0 Å². The molecule has 2 aliphatic rings. The van der Waals surface area contributed by atoms with Crippen molar-refractivity contribution in [2.24, 2.45) is 5.92 Å². The minimum atomic E-state index is -2.04. The predicted molar refractivity (Wildman–Crippen MR) is 114 cm³/mol. The quantitative estimate of drug-likeness (QED) is 0.476. The molecule has 4 rings (SSSR count). The Hall–Kier alpha value is -1.10. The summed E-state index contributed by atoms with van der Waals surface area (Å²) in [5, 5.41) is 2.84. The zero-order valence-electron chi connectivity index (χ0n) is 17.0. The van der Waals surface area contributed by atoms with Crippen molar-refractivity contribution in [2.45, 2.75) is 38.5 Å². The van der Waals surface area contributed by atoms with Crippen LogP contribution in [0.5, 0.6) is 0 Å². The van der Waals surface area contributed by atoms with Crippen LogP contribution in [0.4, 0.5) is 0 Å². The molecule has 0 aliphatic heterocycles. The van der Waals surface area contributed by atoms with Crippen LogP contribution in [0.2, 0.25) is 0 Å². The third-order valence-corrected chi connectivity index (χ3v) is 17.3. The summed E-state index contributed by atoms with van der Waals surface area (Å²) in [7, 11) is 0. The number of carbonyl (C=O) groups is 1. The SMILES string of the molecule is O=C([NH][Ti+2]([C]1=CC=CC1)=[Si](c1ccccc1)c1ccccc1)C1CCCCC1.[Cl-].[Cl-].